The van der Waals surface area contributed by atoms with E-state index in [4.69, 9.17) is 26.7 Å². The lowest BCUT2D eigenvalue weighted by atomic mass is 10.0. The highest BCUT2D eigenvalue weighted by molar-refractivity contribution is 6.30. The summed E-state index contributed by atoms with van der Waals surface area (Å²) in [6.45, 7) is 1.27. The van der Waals surface area contributed by atoms with Crippen LogP contribution in [0.3, 0.4) is 0 Å². The van der Waals surface area contributed by atoms with Gasteiger partial charge in [0.1, 0.15) is 5.82 Å². The first-order valence-electron chi connectivity index (χ1n) is 13.5. The monoisotopic (exact) mass is 558 g/mol. The normalized spacial score (nSPS) is 18.1. The lowest BCUT2D eigenvalue weighted by Gasteiger charge is -2.35. The maximum absolute atomic E-state index is 13.8. The van der Waals surface area contributed by atoms with Crippen LogP contribution in [0.2, 0.25) is 5.02 Å². The van der Waals surface area contributed by atoms with Crippen molar-refractivity contribution in [3.63, 3.8) is 0 Å². The van der Waals surface area contributed by atoms with Gasteiger partial charge < -0.3 is 14.9 Å². The van der Waals surface area contributed by atoms with Crippen molar-refractivity contribution in [2.24, 2.45) is 0 Å². The summed E-state index contributed by atoms with van der Waals surface area (Å²) in [6.07, 6.45) is 2.73. The number of anilines is 1. The third-order valence-corrected chi connectivity index (χ3v) is 8.05. The second-order valence-electron chi connectivity index (χ2n) is 10.5. The Kier molecular flexibility index (Phi) is 7.11. The summed E-state index contributed by atoms with van der Waals surface area (Å²) in [5.41, 5.74) is 5.08. The van der Waals surface area contributed by atoms with E-state index in [1.165, 1.54) is 6.07 Å². The van der Waals surface area contributed by atoms with Crippen LogP contribution in [-0.4, -0.2) is 57.0 Å². The molecule has 2 saturated heterocycles. The Morgan fingerprint density at radius 1 is 0.950 bits per heavy atom. The first-order valence-corrected chi connectivity index (χ1v) is 13.8. The Bertz CT molecular complexity index is 1600. The molecule has 1 amide bonds. The van der Waals surface area contributed by atoms with E-state index in [1.54, 1.807) is 36.4 Å². The maximum atomic E-state index is 13.8. The highest BCUT2D eigenvalue weighted by Gasteiger charge is 2.45. The Hall–Kier alpha value is -4.04. The summed E-state index contributed by atoms with van der Waals surface area (Å²) in [7, 11) is 0. The number of carbonyl (C=O) groups excluding carboxylic acids is 1. The fourth-order valence-electron chi connectivity index (χ4n) is 5.86. The number of aromatic nitrogens is 2. The number of fused-ring (bicyclic) bond motifs is 3. The number of benzene rings is 3. The molecular weight excluding hydrogens is 531 g/mol. The topological polar surface area (TPSA) is 86.6 Å². The van der Waals surface area contributed by atoms with Gasteiger partial charge in [-0.3, -0.25) is 9.59 Å². The third-order valence-electron chi connectivity index (χ3n) is 7.80. The summed E-state index contributed by atoms with van der Waals surface area (Å²) < 4.78 is 13.8. The quantitative estimate of drug-likeness (QED) is 0.267. The van der Waals surface area contributed by atoms with Crippen LogP contribution in [0.5, 0.6) is 0 Å². The van der Waals surface area contributed by atoms with Gasteiger partial charge in [0.2, 0.25) is 0 Å². The molecule has 6 rings (SSSR count). The molecule has 3 heterocycles. The van der Waals surface area contributed by atoms with Crippen molar-refractivity contribution in [3.8, 4) is 11.3 Å². The zero-order valence-corrected chi connectivity index (χ0v) is 22.5. The van der Waals surface area contributed by atoms with Crippen LogP contribution < -0.4 is 4.90 Å². The van der Waals surface area contributed by atoms with Crippen molar-refractivity contribution in [1.29, 1.82) is 0 Å². The van der Waals surface area contributed by atoms with E-state index < -0.39 is 5.97 Å². The number of hydrogen-bond acceptors (Lipinski definition) is 5. The van der Waals surface area contributed by atoms with E-state index in [0.29, 0.717) is 54.0 Å². The van der Waals surface area contributed by atoms with Crippen molar-refractivity contribution < 1.29 is 19.1 Å². The molecule has 0 saturated carbocycles. The molecule has 0 aliphatic carbocycles. The number of nitrogens with zero attached hydrogens (tertiary/aromatic N) is 4. The summed E-state index contributed by atoms with van der Waals surface area (Å²) in [5.74, 6) is -1.12. The molecule has 7 nitrogen and oxygen atoms in total. The number of aliphatic carboxylic acids is 1. The number of unbranched alkanes of at least 4 members (excludes halogenated alkanes) is 1. The average molecular weight is 559 g/mol. The fraction of sp³-hybridized carbons (Fsp3) is 0.290. The van der Waals surface area contributed by atoms with E-state index in [-0.39, 0.29) is 30.2 Å². The predicted octanol–water partition coefficient (Wildman–Crippen LogP) is 5.99. The largest absolute Gasteiger partial charge is 0.481 e. The number of aryl methyl sites for hydroxylation is 1. The standard InChI is InChI=1S/C31H28ClFN4O3/c32-21-11-8-19(9-12-21)30-27(6-1-2-7-29(38)39)34-28-14-20(10-13-26(28)35-30)31(40)37-18-24-16-25(37)17-36(24)23-5-3-4-22(33)15-23/h3-5,8-15,24-25H,1-2,6-7,16-18H2,(H,38,39)/t24-,25-/m0/s1. The second-order valence-corrected chi connectivity index (χ2v) is 10.9. The highest BCUT2D eigenvalue weighted by Crippen LogP contribution is 2.36. The van der Waals surface area contributed by atoms with Gasteiger partial charge in [-0.1, -0.05) is 29.8 Å². The van der Waals surface area contributed by atoms with Gasteiger partial charge in [0.15, 0.2) is 0 Å². The van der Waals surface area contributed by atoms with Gasteiger partial charge in [0.25, 0.3) is 5.91 Å². The van der Waals surface area contributed by atoms with Gasteiger partial charge in [-0.25, -0.2) is 14.4 Å². The number of carboxylic acids is 1. The fourth-order valence-corrected chi connectivity index (χ4v) is 5.98. The van der Waals surface area contributed by atoms with Crippen LogP contribution >= 0.6 is 11.6 Å². The molecule has 3 aromatic carbocycles. The Morgan fingerprint density at radius 2 is 1.77 bits per heavy atom. The summed E-state index contributed by atoms with van der Waals surface area (Å²) in [4.78, 5) is 38.5. The number of halogens is 2. The minimum Gasteiger partial charge on any atom is -0.481 e. The number of likely N-dealkylation sites (tertiary alicyclic amines) is 1. The number of hydrogen-bond donors (Lipinski definition) is 1. The minimum absolute atomic E-state index is 0.0418. The summed E-state index contributed by atoms with van der Waals surface area (Å²) in [5, 5.41) is 9.64. The smallest absolute Gasteiger partial charge is 0.303 e. The van der Waals surface area contributed by atoms with Gasteiger partial charge in [-0.05, 0) is 74.2 Å². The Labute approximate surface area is 236 Å². The number of rotatable bonds is 8. The molecule has 1 aromatic heterocycles. The van der Waals surface area contributed by atoms with Crippen LogP contribution in [0, 0.1) is 5.82 Å². The summed E-state index contributed by atoms with van der Waals surface area (Å²) >= 11 is 6.09. The third kappa shape index (κ3) is 5.23. The van der Waals surface area contributed by atoms with Crippen LogP contribution in [-0.2, 0) is 11.2 Å². The molecule has 9 heteroatoms. The maximum Gasteiger partial charge on any atom is 0.303 e. The second kappa shape index (κ2) is 10.8. The van der Waals surface area contributed by atoms with Gasteiger partial charge in [0, 0.05) is 47.4 Å². The Morgan fingerprint density at radius 3 is 2.50 bits per heavy atom. The lowest BCUT2D eigenvalue weighted by Crippen LogP contribution is -2.48. The number of amides is 1. The van der Waals surface area contributed by atoms with Crippen LogP contribution in [0.1, 0.15) is 41.7 Å². The zero-order valence-electron chi connectivity index (χ0n) is 21.8. The van der Waals surface area contributed by atoms with Crippen LogP contribution in [0.4, 0.5) is 10.1 Å². The molecule has 2 aliphatic rings. The van der Waals surface area contributed by atoms with E-state index in [9.17, 15) is 14.0 Å². The van der Waals surface area contributed by atoms with Crippen molar-refractivity contribution in [2.75, 3.05) is 18.0 Å². The lowest BCUT2D eigenvalue weighted by molar-refractivity contribution is -0.137. The molecule has 0 spiro atoms. The zero-order chi connectivity index (χ0) is 27.8. The molecule has 204 valence electrons. The highest BCUT2D eigenvalue weighted by atomic mass is 35.5. The molecule has 2 fully saturated rings. The molecule has 4 aromatic rings. The minimum atomic E-state index is -0.819. The number of carboxylic acid groups (broad SMARTS) is 1. The molecule has 2 aliphatic heterocycles. The average Bonchev–Trinajstić information content (AvgIpc) is 3.56. The number of piperazine rings is 1. The van der Waals surface area contributed by atoms with Crippen molar-refractivity contribution >= 4 is 40.2 Å². The van der Waals surface area contributed by atoms with E-state index in [2.05, 4.69) is 4.90 Å². The first-order chi connectivity index (χ1) is 19.4. The van der Waals surface area contributed by atoms with Crippen molar-refractivity contribution in [3.05, 3.63) is 88.8 Å². The van der Waals surface area contributed by atoms with E-state index in [1.807, 2.05) is 29.2 Å². The van der Waals surface area contributed by atoms with Gasteiger partial charge in [-0.15, -0.1) is 0 Å². The van der Waals surface area contributed by atoms with E-state index in [0.717, 1.165) is 29.1 Å². The molecule has 0 unspecified atom stereocenters. The number of carbonyl (C=O) groups is 2. The molecular formula is C31H28ClFN4O3. The van der Waals surface area contributed by atoms with Crippen molar-refractivity contribution in [2.45, 2.75) is 44.2 Å². The van der Waals surface area contributed by atoms with Crippen LogP contribution in [0.15, 0.2) is 66.7 Å². The van der Waals surface area contributed by atoms with E-state index >= 15 is 0 Å². The molecule has 2 bridgehead atoms. The molecule has 0 radical (unpaired) electrons. The van der Waals surface area contributed by atoms with Crippen LogP contribution in [0.25, 0.3) is 22.3 Å². The first kappa shape index (κ1) is 26.2. The summed E-state index contributed by atoms with van der Waals surface area (Å²) in [6, 6.07) is 19.7. The van der Waals surface area contributed by atoms with Gasteiger partial charge >= 0.3 is 5.97 Å². The van der Waals surface area contributed by atoms with Gasteiger partial charge in [0.05, 0.1) is 28.5 Å². The van der Waals surface area contributed by atoms with Crippen molar-refractivity contribution in [1.82, 2.24) is 14.9 Å². The van der Waals surface area contributed by atoms with Gasteiger partial charge in [-0.2, -0.15) is 0 Å². The molecule has 40 heavy (non-hydrogen) atoms. The molecule has 2 atom stereocenters. The molecule has 1 N–H and O–H groups in total. The predicted molar refractivity (Wildman–Crippen MR) is 152 cm³/mol. The Balaban J connectivity index is 1.25. The SMILES string of the molecule is O=C(O)CCCCc1nc2cc(C(=O)N3C[C@@H]4C[C@H]3CN4c3cccc(F)c3)ccc2nc1-c1ccc(Cl)cc1.